The average Bonchev–Trinajstić information content (AvgIpc) is 2.42. The van der Waals surface area contributed by atoms with Crippen LogP contribution in [0.2, 0.25) is 0 Å². The lowest BCUT2D eigenvalue weighted by Crippen LogP contribution is -2.30. The summed E-state index contributed by atoms with van der Waals surface area (Å²) in [5.74, 6) is 0. The number of hydrogen-bond acceptors (Lipinski definition) is 1. The first-order chi connectivity index (χ1) is 8.83. The van der Waals surface area contributed by atoms with Gasteiger partial charge in [-0.1, -0.05) is 54.6 Å². The molecule has 1 heterocycles. The van der Waals surface area contributed by atoms with E-state index in [1.54, 1.807) is 0 Å². The minimum atomic E-state index is 1.06. The van der Waals surface area contributed by atoms with Gasteiger partial charge in [-0.15, -0.1) is 0 Å². The van der Waals surface area contributed by atoms with Gasteiger partial charge in [0.15, 0.2) is 0 Å². The van der Waals surface area contributed by atoms with E-state index in [2.05, 4.69) is 53.9 Å². The third-order valence-electron chi connectivity index (χ3n) is 3.84. The predicted molar refractivity (Wildman–Crippen MR) is 77.6 cm³/mol. The summed E-state index contributed by atoms with van der Waals surface area (Å²) in [6.45, 7) is 7.45. The van der Waals surface area contributed by atoms with Crippen LogP contribution in [0.15, 0.2) is 54.6 Å². The molecule has 3 rings (SSSR count). The second-order valence-electron chi connectivity index (χ2n) is 5.16. The molecule has 0 N–H and O–H groups in total. The lowest BCUT2D eigenvalue weighted by Gasteiger charge is -2.28. The number of likely N-dealkylation sites (tertiary alicyclic amines) is 1. The van der Waals surface area contributed by atoms with Gasteiger partial charge in [0.2, 0.25) is 0 Å². The standard InChI is InChI=1S/C17H19N/c1-14-9-11-18(12-10-14)13-16-7-4-6-15-5-2-3-8-17(15)16/h2-8H,1,9-13H2. The maximum Gasteiger partial charge on any atom is 0.0240 e. The van der Waals surface area contributed by atoms with E-state index in [0.717, 1.165) is 32.5 Å². The third-order valence-corrected chi connectivity index (χ3v) is 3.84. The van der Waals surface area contributed by atoms with Gasteiger partial charge >= 0.3 is 0 Å². The molecule has 0 saturated carbocycles. The van der Waals surface area contributed by atoms with Crippen molar-refractivity contribution in [2.24, 2.45) is 0 Å². The first-order valence-electron chi connectivity index (χ1n) is 6.68. The Morgan fingerprint density at radius 2 is 1.67 bits per heavy atom. The SMILES string of the molecule is C=C1CCN(Cc2cccc3ccccc23)CC1. The van der Waals surface area contributed by atoms with Crippen LogP contribution in [0.25, 0.3) is 10.8 Å². The van der Waals surface area contributed by atoms with E-state index in [0.29, 0.717) is 0 Å². The van der Waals surface area contributed by atoms with Gasteiger partial charge in [0.05, 0.1) is 0 Å². The summed E-state index contributed by atoms with van der Waals surface area (Å²) < 4.78 is 0. The zero-order chi connectivity index (χ0) is 12.4. The summed E-state index contributed by atoms with van der Waals surface area (Å²) in [7, 11) is 0. The molecule has 2 aromatic carbocycles. The smallest absolute Gasteiger partial charge is 0.0240 e. The Kier molecular flexibility index (Phi) is 3.16. The van der Waals surface area contributed by atoms with Gasteiger partial charge in [0, 0.05) is 19.6 Å². The zero-order valence-corrected chi connectivity index (χ0v) is 10.7. The fraction of sp³-hybridized carbons (Fsp3) is 0.294. The molecule has 0 aliphatic carbocycles. The number of benzene rings is 2. The molecule has 1 nitrogen and oxygen atoms in total. The van der Waals surface area contributed by atoms with Crippen LogP contribution in [0.5, 0.6) is 0 Å². The van der Waals surface area contributed by atoms with E-state index < -0.39 is 0 Å². The van der Waals surface area contributed by atoms with Crippen molar-refractivity contribution in [2.75, 3.05) is 13.1 Å². The molecule has 0 aromatic heterocycles. The van der Waals surface area contributed by atoms with E-state index in [9.17, 15) is 0 Å². The van der Waals surface area contributed by atoms with Gasteiger partial charge in [-0.2, -0.15) is 0 Å². The van der Waals surface area contributed by atoms with Crippen LogP contribution >= 0.6 is 0 Å². The Balaban J connectivity index is 1.84. The van der Waals surface area contributed by atoms with Crippen molar-refractivity contribution in [3.8, 4) is 0 Å². The van der Waals surface area contributed by atoms with Crippen molar-refractivity contribution in [1.82, 2.24) is 4.90 Å². The highest BCUT2D eigenvalue weighted by molar-refractivity contribution is 5.85. The Hall–Kier alpha value is -1.60. The number of fused-ring (bicyclic) bond motifs is 1. The molecule has 0 amide bonds. The predicted octanol–water partition coefficient (Wildman–Crippen LogP) is 3.99. The first kappa shape index (κ1) is 11.5. The normalized spacial score (nSPS) is 17.2. The van der Waals surface area contributed by atoms with Crippen molar-refractivity contribution in [3.63, 3.8) is 0 Å². The highest BCUT2D eigenvalue weighted by atomic mass is 15.1. The summed E-state index contributed by atoms with van der Waals surface area (Å²) in [4.78, 5) is 2.54. The summed E-state index contributed by atoms with van der Waals surface area (Å²) in [5, 5.41) is 2.74. The van der Waals surface area contributed by atoms with Gasteiger partial charge in [-0.3, -0.25) is 4.90 Å². The van der Waals surface area contributed by atoms with Crippen molar-refractivity contribution in [2.45, 2.75) is 19.4 Å². The Labute approximate surface area is 109 Å². The van der Waals surface area contributed by atoms with Crippen LogP contribution in [-0.2, 0) is 6.54 Å². The number of nitrogens with zero attached hydrogens (tertiary/aromatic N) is 1. The van der Waals surface area contributed by atoms with Gasteiger partial charge in [0.1, 0.15) is 0 Å². The van der Waals surface area contributed by atoms with Crippen LogP contribution in [-0.4, -0.2) is 18.0 Å². The topological polar surface area (TPSA) is 3.24 Å². The van der Waals surface area contributed by atoms with Crippen LogP contribution in [0.4, 0.5) is 0 Å². The molecule has 1 heteroatoms. The molecule has 92 valence electrons. The molecule has 0 unspecified atom stereocenters. The summed E-state index contributed by atoms with van der Waals surface area (Å²) >= 11 is 0. The first-order valence-corrected chi connectivity index (χ1v) is 6.68. The quantitative estimate of drug-likeness (QED) is 0.714. The molecule has 0 atom stereocenters. The zero-order valence-electron chi connectivity index (χ0n) is 10.7. The molecular weight excluding hydrogens is 218 g/mol. The minimum Gasteiger partial charge on any atom is -0.298 e. The maximum atomic E-state index is 4.08. The van der Waals surface area contributed by atoms with E-state index in [-0.39, 0.29) is 0 Å². The fourth-order valence-corrected chi connectivity index (χ4v) is 2.70. The molecule has 1 aliphatic heterocycles. The Morgan fingerprint density at radius 1 is 0.944 bits per heavy atom. The van der Waals surface area contributed by atoms with E-state index in [1.807, 2.05) is 0 Å². The van der Waals surface area contributed by atoms with E-state index in [1.165, 1.54) is 21.9 Å². The van der Waals surface area contributed by atoms with Gasteiger partial charge < -0.3 is 0 Å². The van der Waals surface area contributed by atoms with E-state index in [4.69, 9.17) is 0 Å². The maximum absolute atomic E-state index is 4.08. The minimum absolute atomic E-state index is 1.06. The molecule has 0 spiro atoms. The van der Waals surface area contributed by atoms with Crippen LogP contribution in [0, 0.1) is 0 Å². The molecule has 1 aliphatic rings. The summed E-state index contributed by atoms with van der Waals surface area (Å²) in [6, 6.07) is 15.3. The Morgan fingerprint density at radius 3 is 2.50 bits per heavy atom. The monoisotopic (exact) mass is 237 g/mol. The lowest BCUT2D eigenvalue weighted by atomic mass is 10.0. The second kappa shape index (κ2) is 4.95. The van der Waals surface area contributed by atoms with E-state index >= 15 is 0 Å². The molecule has 0 bridgehead atoms. The van der Waals surface area contributed by atoms with Crippen molar-refractivity contribution >= 4 is 10.8 Å². The van der Waals surface area contributed by atoms with Crippen molar-refractivity contribution in [3.05, 3.63) is 60.2 Å². The van der Waals surface area contributed by atoms with Gasteiger partial charge in [-0.25, -0.2) is 0 Å². The fourth-order valence-electron chi connectivity index (χ4n) is 2.70. The largest absolute Gasteiger partial charge is 0.298 e. The molecule has 1 saturated heterocycles. The molecule has 2 aromatic rings. The van der Waals surface area contributed by atoms with Gasteiger partial charge in [0.25, 0.3) is 0 Å². The van der Waals surface area contributed by atoms with Crippen LogP contribution in [0.3, 0.4) is 0 Å². The average molecular weight is 237 g/mol. The third kappa shape index (κ3) is 2.32. The summed E-state index contributed by atoms with van der Waals surface area (Å²) in [5.41, 5.74) is 2.85. The molecule has 1 fully saturated rings. The molecule has 18 heavy (non-hydrogen) atoms. The molecule has 0 radical (unpaired) electrons. The summed E-state index contributed by atoms with van der Waals surface area (Å²) in [6.07, 6.45) is 2.32. The lowest BCUT2D eigenvalue weighted by molar-refractivity contribution is 0.249. The van der Waals surface area contributed by atoms with Crippen LogP contribution in [0.1, 0.15) is 18.4 Å². The Bertz CT molecular complexity index is 555. The number of piperidine rings is 1. The van der Waals surface area contributed by atoms with Crippen molar-refractivity contribution in [1.29, 1.82) is 0 Å². The van der Waals surface area contributed by atoms with Crippen LogP contribution < -0.4 is 0 Å². The highest BCUT2D eigenvalue weighted by Crippen LogP contribution is 2.22. The second-order valence-corrected chi connectivity index (χ2v) is 5.16. The number of hydrogen-bond donors (Lipinski definition) is 0. The van der Waals surface area contributed by atoms with Gasteiger partial charge in [-0.05, 0) is 29.2 Å². The highest BCUT2D eigenvalue weighted by Gasteiger charge is 2.13. The molecular formula is C17H19N. The van der Waals surface area contributed by atoms with Crippen molar-refractivity contribution < 1.29 is 0 Å². The number of rotatable bonds is 2.